The molecule has 0 radical (unpaired) electrons. The van der Waals surface area contributed by atoms with Gasteiger partial charge in [0, 0.05) is 29.5 Å². The van der Waals surface area contributed by atoms with Crippen molar-refractivity contribution in [3.05, 3.63) is 63.7 Å². The van der Waals surface area contributed by atoms with Gasteiger partial charge in [-0.15, -0.1) is 0 Å². The molecular weight excluding hydrogens is 242 g/mol. The van der Waals surface area contributed by atoms with Gasteiger partial charge in [0.25, 0.3) is 5.69 Å². The first-order valence-electron chi connectivity index (χ1n) is 5.90. The Morgan fingerprint density at radius 3 is 2.68 bits per heavy atom. The number of nitrogens with zero attached hydrogens (tertiary/aromatic N) is 1. The van der Waals surface area contributed by atoms with E-state index in [4.69, 9.17) is 5.73 Å². The van der Waals surface area contributed by atoms with E-state index in [1.165, 1.54) is 6.07 Å². The lowest BCUT2D eigenvalue weighted by molar-refractivity contribution is -0.385. The summed E-state index contributed by atoms with van der Waals surface area (Å²) < 4.78 is 0. The van der Waals surface area contributed by atoms with E-state index in [-0.39, 0.29) is 10.6 Å². The molecule has 0 aromatic heterocycles. The number of anilines is 2. The largest absolute Gasteiger partial charge is 0.398 e. The highest BCUT2D eigenvalue weighted by atomic mass is 16.6. The first-order valence-corrected chi connectivity index (χ1v) is 5.90. The van der Waals surface area contributed by atoms with Crippen LogP contribution in [0.5, 0.6) is 0 Å². The minimum atomic E-state index is -0.378. The Morgan fingerprint density at radius 2 is 2.00 bits per heavy atom. The van der Waals surface area contributed by atoms with Crippen LogP contribution in [0.3, 0.4) is 0 Å². The van der Waals surface area contributed by atoms with Gasteiger partial charge in [0.15, 0.2) is 0 Å². The highest BCUT2D eigenvalue weighted by Gasteiger charge is 2.10. The van der Waals surface area contributed by atoms with Gasteiger partial charge in [-0.05, 0) is 24.6 Å². The molecule has 0 aliphatic rings. The van der Waals surface area contributed by atoms with Crippen molar-refractivity contribution in [3.8, 4) is 0 Å². The van der Waals surface area contributed by atoms with E-state index in [0.717, 1.165) is 5.56 Å². The summed E-state index contributed by atoms with van der Waals surface area (Å²) in [4.78, 5) is 10.5. The van der Waals surface area contributed by atoms with Crippen molar-refractivity contribution in [1.82, 2.24) is 0 Å². The van der Waals surface area contributed by atoms with Gasteiger partial charge in [0.1, 0.15) is 0 Å². The summed E-state index contributed by atoms with van der Waals surface area (Å²) in [5.74, 6) is 0. The molecule has 0 unspecified atom stereocenters. The average molecular weight is 257 g/mol. The van der Waals surface area contributed by atoms with Crippen LogP contribution in [0.25, 0.3) is 0 Å². The molecule has 0 atom stereocenters. The number of hydrogen-bond acceptors (Lipinski definition) is 4. The second-order valence-electron chi connectivity index (χ2n) is 4.31. The van der Waals surface area contributed by atoms with E-state index in [9.17, 15) is 10.1 Å². The Kier molecular flexibility index (Phi) is 3.66. The quantitative estimate of drug-likeness (QED) is 0.501. The van der Waals surface area contributed by atoms with Crippen molar-refractivity contribution in [3.63, 3.8) is 0 Å². The van der Waals surface area contributed by atoms with Crippen LogP contribution in [-0.4, -0.2) is 4.92 Å². The van der Waals surface area contributed by atoms with Gasteiger partial charge in [-0.1, -0.05) is 24.3 Å². The molecule has 0 aliphatic carbocycles. The van der Waals surface area contributed by atoms with E-state index in [1.54, 1.807) is 13.0 Å². The van der Waals surface area contributed by atoms with Gasteiger partial charge in [-0.2, -0.15) is 0 Å². The molecular formula is C14H15N3O2. The zero-order valence-electron chi connectivity index (χ0n) is 10.6. The number of aryl methyl sites for hydroxylation is 1. The number of nitro groups is 1. The molecule has 0 saturated carbocycles. The molecule has 2 rings (SSSR count). The number of nitro benzene ring substituents is 1. The number of para-hydroxylation sites is 1. The molecule has 3 N–H and O–H groups in total. The minimum Gasteiger partial charge on any atom is -0.398 e. The zero-order chi connectivity index (χ0) is 13.8. The monoisotopic (exact) mass is 257 g/mol. The zero-order valence-corrected chi connectivity index (χ0v) is 10.6. The number of nitrogens with two attached hydrogens (primary N) is 1. The summed E-state index contributed by atoms with van der Waals surface area (Å²) in [5.41, 5.74) is 8.98. The van der Waals surface area contributed by atoms with Crippen molar-refractivity contribution in [2.24, 2.45) is 0 Å². The highest BCUT2D eigenvalue weighted by molar-refractivity contribution is 5.56. The molecule has 0 amide bonds. The van der Waals surface area contributed by atoms with Crippen LogP contribution in [-0.2, 0) is 6.54 Å². The first-order chi connectivity index (χ1) is 9.08. The maximum Gasteiger partial charge on any atom is 0.274 e. The van der Waals surface area contributed by atoms with Crippen molar-refractivity contribution in [2.45, 2.75) is 13.5 Å². The van der Waals surface area contributed by atoms with E-state index in [1.807, 2.05) is 30.3 Å². The fraction of sp³-hybridized carbons (Fsp3) is 0.143. The van der Waals surface area contributed by atoms with Crippen LogP contribution in [0, 0.1) is 17.0 Å². The number of benzene rings is 2. The third kappa shape index (κ3) is 3.01. The Hall–Kier alpha value is -2.56. The Bertz CT molecular complexity index is 611. The number of rotatable bonds is 4. The molecule has 0 fully saturated rings. The van der Waals surface area contributed by atoms with Crippen LogP contribution >= 0.6 is 0 Å². The van der Waals surface area contributed by atoms with Crippen LogP contribution in [0.4, 0.5) is 17.1 Å². The van der Waals surface area contributed by atoms with Crippen molar-refractivity contribution in [2.75, 3.05) is 11.1 Å². The topological polar surface area (TPSA) is 81.2 Å². The fourth-order valence-corrected chi connectivity index (χ4v) is 1.81. The molecule has 5 nitrogen and oxygen atoms in total. The van der Waals surface area contributed by atoms with Crippen molar-refractivity contribution in [1.29, 1.82) is 0 Å². The maximum atomic E-state index is 10.9. The molecule has 0 heterocycles. The number of hydrogen-bond donors (Lipinski definition) is 2. The van der Waals surface area contributed by atoms with Gasteiger partial charge in [0.2, 0.25) is 0 Å². The lowest BCUT2D eigenvalue weighted by Gasteiger charge is -2.09. The van der Waals surface area contributed by atoms with Crippen LogP contribution in [0.2, 0.25) is 0 Å². The molecule has 5 heteroatoms. The Labute approximate surface area is 111 Å². The summed E-state index contributed by atoms with van der Waals surface area (Å²) in [6, 6.07) is 12.6. The molecule has 0 aliphatic heterocycles. The summed E-state index contributed by atoms with van der Waals surface area (Å²) in [6.45, 7) is 2.25. The third-order valence-electron chi connectivity index (χ3n) is 2.94. The van der Waals surface area contributed by atoms with Gasteiger partial charge < -0.3 is 11.1 Å². The molecule has 0 saturated heterocycles. The summed E-state index contributed by atoms with van der Waals surface area (Å²) in [5, 5.41) is 14.0. The Balaban J connectivity index is 2.14. The first kappa shape index (κ1) is 12.9. The molecule has 0 bridgehead atoms. The SMILES string of the molecule is Cc1ccc(NCc2ccccc2N)cc1[N+](=O)[O-]. The van der Waals surface area contributed by atoms with Crippen LogP contribution < -0.4 is 11.1 Å². The molecule has 2 aromatic rings. The molecule has 0 spiro atoms. The standard InChI is InChI=1S/C14H15N3O2/c1-10-6-7-12(8-14(10)17(18)19)16-9-11-4-2-3-5-13(11)15/h2-8,16H,9,15H2,1H3. The lowest BCUT2D eigenvalue weighted by Crippen LogP contribution is -2.03. The smallest absolute Gasteiger partial charge is 0.274 e. The van der Waals surface area contributed by atoms with Crippen molar-refractivity contribution >= 4 is 17.1 Å². The number of nitrogens with one attached hydrogen (secondary N) is 1. The third-order valence-corrected chi connectivity index (χ3v) is 2.94. The van der Waals surface area contributed by atoms with Crippen LogP contribution in [0.1, 0.15) is 11.1 Å². The molecule has 98 valence electrons. The normalized spacial score (nSPS) is 10.2. The average Bonchev–Trinajstić information content (AvgIpc) is 2.39. The summed E-state index contributed by atoms with van der Waals surface area (Å²) >= 11 is 0. The second kappa shape index (κ2) is 5.39. The highest BCUT2D eigenvalue weighted by Crippen LogP contribution is 2.23. The predicted molar refractivity (Wildman–Crippen MR) is 76.0 cm³/mol. The Morgan fingerprint density at radius 1 is 1.26 bits per heavy atom. The van der Waals surface area contributed by atoms with E-state index >= 15 is 0 Å². The predicted octanol–water partition coefficient (Wildman–Crippen LogP) is 3.10. The minimum absolute atomic E-state index is 0.117. The van der Waals surface area contributed by atoms with E-state index in [2.05, 4.69) is 5.32 Å². The van der Waals surface area contributed by atoms with Gasteiger partial charge in [0.05, 0.1) is 4.92 Å². The second-order valence-corrected chi connectivity index (χ2v) is 4.31. The lowest BCUT2D eigenvalue weighted by atomic mass is 10.1. The van der Waals surface area contributed by atoms with E-state index in [0.29, 0.717) is 23.5 Å². The van der Waals surface area contributed by atoms with Crippen LogP contribution in [0.15, 0.2) is 42.5 Å². The van der Waals surface area contributed by atoms with E-state index < -0.39 is 0 Å². The van der Waals surface area contributed by atoms with Gasteiger partial charge >= 0.3 is 0 Å². The van der Waals surface area contributed by atoms with Crippen molar-refractivity contribution < 1.29 is 4.92 Å². The van der Waals surface area contributed by atoms with Gasteiger partial charge in [-0.25, -0.2) is 0 Å². The number of nitrogen functional groups attached to an aromatic ring is 1. The fourth-order valence-electron chi connectivity index (χ4n) is 1.81. The maximum absolute atomic E-state index is 10.9. The molecule has 2 aromatic carbocycles. The van der Waals surface area contributed by atoms with Gasteiger partial charge in [-0.3, -0.25) is 10.1 Å². The molecule has 19 heavy (non-hydrogen) atoms. The summed E-state index contributed by atoms with van der Waals surface area (Å²) in [6.07, 6.45) is 0. The summed E-state index contributed by atoms with van der Waals surface area (Å²) in [7, 11) is 0.